The number of hydrogen-bond donors (Lipinski definition) is 2. The number of benzene rings is 1. The van der Waals surface area contributed by atoms with Gasteiger partial charge in [0.25, 0.3) is 11.8 Å². The van der Waals surface area contributed by atoms with Crippen LogP contribution in [0.25, 0.3) is 5.82 Å². The highest BCUT2D eigenvalue weighted by atomic mass is 32.2. The molecule has 15 heteroatoms. The lowest BCUT2D eigenvalue weighted by Gasteiger charge is -2.15. The van der Waals surface area contributed by atoms with Crippen LogP contribution < -0.4 is 15.4 Å². The maximum absolute atomic E-state index is 12.9. The number of aryl methyl sites for hydroxylation is 1. The van der Waals surface area contributed by atoms with Gasteiger partial charge in [0.15, 0.2) is 21.5 Å². The molecule has 0 saturated heterocycles. The quantitative estimate of drug-likeness (QED) is 0.455. The lowest BCUT2D eigenvalue weighted by molar-refractivity contribution is -0.0500. The summed E-state index contributed by atoms with van der Waals surface area (Å²) in [6, 6.07) is 3.53. The molecule has 2 N–H and O–H groups in total. The second-order valence-electron chi connectivity index (χ2n) is 7.31. The summed E-state index contributed by atoms with van der Waals surface area (Å²) in [5.41, 5.74) is -0.139. The Morgan fingerprint density at radius 3 is 2.46 bits per heavy atom. The molecule has 2 aromatic heterocycles. The van der Waals surface area contributed by atoms with Gasteiger partial charge in [-0.25, -0.2) is 23.4 Å². The van der Waals surface area contributed by atoms with Gasteiger partial charge >= 0.3 is 6.61 Å². The number of amides is 2. The Morgan fingerprint density at radius 1 is 1.11 bits per heavy atom. The van der Waals surface area contributed by atoms with Crippen molar-refractivity contribution in [3.8, 4) is 11.6 Å². The van der Waals surface area contributed by atoms with Crippen LogP contribution in [0, 0.1) is 6.92 Å². The Morgan fingerprint density at radius 2 is 1.83 bits per heavy atom. The summed E-state index contributed by atoms with van der Waals surface area (Å²) in [7, 11) is -2.38. The molecule has 1 aromatic carbocycles. The van der Waals surface area contributed by atoms with Crippen molar-refractivity contribution in [1.82, 2.24) is 35.4 Å². The van der Waals surface area contributed by atoms with E-state index in [-0.39, 0.29) is 27.8 Å². The normalized spacial score (nSPS) is 12.3. The van der Waals surface area contributed by atoms with E-state index < -0.39 is 40.1 Å². The molecule has 2 heterocycles. The number of ether oxygens (including phenoxy) is 1. The van der Waals surface area contributed by atoms with Gasteiger partial charge in [0.1, 0.15) is 23.6 Å². The molecule has 0 radical (unpaired) electrons. The number of sulfone groups is 1. The number of hydrogen-bond acceptors (Lipinski definition) is 9. The SMILES string of the molecule is CNC(=O)c1cc(-n2nc(C)nc2[C@H](C)NC(=O)c2cc(OC(F)F)cc(S(C)(=O)=O)c2)ncn1. The standard InChI is InChI=1S/C20H21F2N7O5S/c1-10(17-27-11(2)28-29(17)16-8-15(19(31)23-3)24-9-25-16)26-18(30)12-5-13(34-20(21)22)7-14(6-12)35(4,32)33/h5-10,20H,1-4H3,(H,23,31)(H,26,30)/t10-/m0/s1. The lowest BCUT2D eigenvalue weighted by atomic mass is 10.2. The molecule has 3 aromatic rings. The number of nitrogens with zero attached hydrogens (tertiary/aromatic N) is 5. The first-order valence-corrected chi connectivity index (χ1v) is 11.9. The van der Waals surface area contributed by atoms with E-state index in [1.165, 1.54) is 24.1 Å². The van der Waals surface area contributed by atoms with Gasteiger partial charge in [0.05, 0.1) is 10.9 Å². The Labute approximate surface area is 198 Å². The first-order chi connectivity index (χ1) is 16.4. The molecule has 2 amide bonds. The molecule has 0 fully saturated rings. The predicted octanol–water partition coefficient (Wildman–Crippen LogP) is 1.22. The summed E-state index contributed by atoms with van der Waals surface area (Å²) in [4.78, 5) is 36.7. The fraction of sp³-hybridized carbons (Fsp3) is 0.300. The minimum absolute atomic E-state index is 0.0810. The topological polar surface area (TPSA) is 158 Å². The van der Waals surface area contributed by atoms with Crippen molar-refractivity contribution >= 4 is 21.7 Å². The van der Waals surface area contributed by atoms with E-state index in [4.69, 9.17) is 0 Å². The Hall–Kier alpha value is -4.01. The molecule has 0 aliphatic rings. The lowest BCUT2D eigenvalue weighted by Crippen LogP contribution is -2.29. The zero-order valence-electron chi connectivity index (χ0n) is 19.0. The number of halogens is 2. The van der Waals surface area contributed by atoms with E-state index in [0.717, 1.165) is 24.5 Å². The molecular weight excluding hydrogens is 488 g/mol. The van der Waals surface area contributed by atoms with Crippen LogP contribution in [0.2, 0.25) is 0 Å². The monoisotopic (exact) mass is 509 g/mol. The van der Waals surface area contributed by atoms with Crippen molar-refractivity contribution in [2.24, 2.45) is 0 Å². The second kappa shape index (κ2) is 10.1. The maximum atomic E-state index is 12.9. The van der Waals surface area contributed by atoms with Crippen molar-refractivity contribution in [3.63, 3.8) is 0 Å². The maximum Gasteiger partial charge on any atom is 0.387 e. The molecule has 0 aliphatic carbocycles. The Bertz CT molecular complexity index is 1380. The van der Waals surface area contributed by atoms with Gasteiger partial charge in [0.2, 0.25) is 0 Å². The third kappa shape index (κ3) is 6.11. The van der Waals surface area contributed by atoms with Crippen molar-refractivity contribution in [3.05, 3.63) is 53.5 Å². The van der Waals surface area contributed by atoms with Crippen LogP contribution in [0.5, 0.6) is 5.75 Å². The third-order valence-corrected chi connectivity index (χ3v) is 5.69. The largest absolute Gasteiger partial charge is 0.435 e. The highest BCUT2D eigenvalue weighted by Gasteiger charge is 2.22. The minimum Gasteiger partial charge on any atom is -0.435 e. The second-order valence-corrected chi connectivity index (χ2v) is 9.32. The molecular formula is C20H21F2N7O5S. The van der Waals surface area contributed by atoms with E-state index >= 15 is 0 Å². The first-order valence-electron chi connectivity index (χ1n) is 9.98. The smallest absolute Gasteiger partial charge is 0.387 e. The summed E-state index contributed by atoms with van der Waals surface area (Å²) in [5.74, 6) is -0.915. The highest BCUT2D eigenvalue weighted by molar-refractivity contribution is 7.90. The number of carbonyl (C=O) groups excluding carboxylic acids is 2. The summed E-state index contributed by atoms with van der Waals surface area (Å²) in [6.45, 7) is -0.0250. The average Bonchev–Trinajstić information content (AvgIpc) is 3.19. The fourth-order valence-corrected chi connectivity index (χ4v) is 3.70. The van der Waals surface area contributed by atoms with Crippen molar-refractivity contribution in [2.45, 2.75) is 31.4 Å². The summed E-state index contributed by atoms with van der Waals surface area (Å²) >= 11 is 0. The summed E-state index contributed by atoms with van der Waals surface area (Å²) in [5, 5.41) is 9.32. The zero-order valence-corrected chi connectivity index (χ0v) is 19.8. The summed E-state index contributed by atoms with van der Waals surface area (Å²) in [6.07, 6.45) is 2.05. The molecule has 0 aliphatic heterocycles. The fourth-order valence-electron chi connectivity index (χ4n) is 3.03. The average molecular weight is 509 g/mol. The molecule has 0 bridgehead atoms. The molecule has 3 rings (SSSR count). The van der Waals surface area contributed by atoms with Gasteiger partial charge in [-0.05, 0) is 32.0 Å². The van der Waals surface area contributed by atoms with Crippen LogP contribution >= 0.6 is 0 Å². The molecule has 35 heavy (non-hydrogen) atoms. The van der Waals surface area contributed by atoms with Crippen LogP contribution in [0.3, 0.4) is 0 Å². The van der Waals surface area contributed by atoms with E-state index in [0.29, 0.717) is 5.82 Å². The van der Waals surface area contributed by atoms with Crippen LogP contribution in [0.4, 0.5) is 8.78 Å². The molecule has 0 spiro atoms. The number of rotatable bonds is 8. The molecule has 0 unspecified atom stereocenters. The Kier molecular flexibility index (Phi) is 7.38. The first kappa shape index (κ1) is 25.6. The van der Waals surface area contributed by atoms with Crippen molar-refractivity contribution < 1.29 is 31.5 Å². The Balaban J connectivity index is 1.94. The van der Waals surface area contributed by atoms with Crippen molar-refractivity contribution in [1.29, 1.82) is 0 Å². The zero-order chi connectivity index (χ0) is 25.9. The van der Waals surface area contributed by atoms with Crippen LogP contribution in [-0.2, 0) is 9.84 Å². The number of aromatic nitrogens is 5. The van der Waals surface area contributed by atoms with Crippen molar-refractivity contribution in [2.75, 3.05) is 13.3 Å². The van der Waals surface area contributed by atoms with Gasteiger partial charge in [0, 0.05) is 24.9 Å². The van der Waals surface area contributed by atoms with Gasteiger partial charge in [-0.15, -0.1) is 5.10 Å². The molecule has 0 saturated carbocycles. The van der Waals surface area contributed by atoms with Gasteiger partial charge in [-0.1, -0.05) is 0 Å². The van der Waals surface area contributed by atoms with Gasteiger partial charge in [-0.3, -0.25) is 9.59 Å². The third-order valence-electron chi connectivity index (χ3n) is 4.60. The molecule has 12 nitrogen and oxygen atoms in total. The van der Waals surface area contributed by atoms with E-state index in [1.54, 1.807) is 13.8 Å². The number of alkyl halides is 2. The van der Waals surface area contributed by atoms with E-state index in [1.807, 2.05) is 0 Å². The minimum atomic E-state index is -3.83. The summed E-state index contributed by atoms with van der Waals surface area (Å²) < 4.78 is 54.9. The van der Waals surface area contributed by atoms with Gasteiger partial charge < -0.3 is 15.4 Å². The van der Waals surface area contributed by atoms with Gasteiger partial charge in [-0.2, -0.15) is 13.5 Å². The molecule has 186 valence electrons. The predicted molar refractivity (Wildman–Crippen MR) is 117 cm³/mol. The number of nitrogens with one attached hydrogen (secondary N) is 2. The number of carbonyl (C=O) groups is 2. The molecule has 1 atom stereocenters. The van der Waals surface area contributed by atoms with Crippen LogP contribution in [-0.4, -0.2) is 64.9 Å². The van der Waals surface area contributed by atoms with Crippen LogP contribution in [0.15, 0.2) is 35.5 Å². The highest BCUT2D eigenvalue weighted by Crippen LogP contribution is 2.24. The van der Waals surface area contributed by atoms with Crippen LogP contribution in [0.1, 0.15) is 45.5 Å². The van der Waals surface area contributed by atoms with E-state index in [9.17, 15) is 26.8 Å². The van der Waals surface area contributed by atoms with E-state index in [2.05, 4.69) is 35.4 Å².